The lowest BCUT2D eigenvalue weighted by Crippen LogP contribution is -2.51. The van der Waals surface area contributed by atoms with E-state index in [4.69, 9.17) is 4.74 Å². The number of nitrogens with zero attached hydrogens (tertiary/aromatic N) is 1. The van der Waals surface area contributed by atoms with Crippen LogP contribution in [-0.4, -0.2) is 35.9 Å². The average Bonchev–Trinajstić information content (AvgIpc) is 2.90. The van der Waals surface area contributed by atoms with Gasteiger partial charge in [-0.05, 0) is 64.0 Å². The van der Waals surface area contributed by atoms with Gasteiger partial charge in [0, 0.05) is 19.5 Å². The molecule has 1 N–H and O–H groups in total. The van der Waals surface area contributed by atoms with Crippen molar-refractivity contribution in [2.75, 3.05) is 13.2 Å². The minimum Gasteiger partial charge on any atom is -0.483 e. The minimum absolute atomic E-state index is 0.147. The van der Waals surface area contributed by atoms with Crippen molar-refractivity contribution in [3.8, 4) is 5.75 Å². The largest absolute Gasteiger partial charge is 0.483 e. The van der Waals surface area contributed by atoms with E-state index in [-0.39, 0.29) is 18.4 Å². The maximum atomic E-state index is 13.8. The van der Waals surface area contributed by atoms with E-state index in [1.165, 1.54) is 5.56 Å². The van der Waals surface area contributed by atoms with Crippen molar-refractivity contribution in [3.63, 3.8) is 0 Å². The molecule has 1 atom stereocenters. The molecule has 6 heteroatoms. The number of nitrogens with one attached hydrogen (secondary N) is 1. The van der Waals surface area contributed by atoms with Crippen LogP contribution < -0.4 is 10.1 Å². The number of unbranched alkanes of at least 4 members (excludes halogenated alkanes) is 1. The number of carbonyl (C=O) groups is 2. The van der Waals surface area contributed by atoms with Gasteiger partial charge in [-0.15, -0.1) is 0 Å². The molecule has 0 unspecified atom stereocenters. The molecule has 0 radical (unpaired) electrons. The molecular formula is C32H39BrN2O3. The van der Waals surface area contributed by atoms with Gasteiger partial charge in [0.15, 0.2) is 6.61 Å². The molecule has 0 bridgehead atoms. The molecule has 0 spiro atoms. The zero-order valence-electron chi connectivity index (χ0n) is 22.9. The number of hydrogen-bond acceptors (Lipinski definition) is 3. The zero-order valence-corrected chi connectivity index (χ0v) is 24.5. The van der Waals surface area contributed by atoms with E-state index in [0.29, 0.717) is 31.2 Å². The second kappa shape index (κ2) is 14.7. The molecule has 0 aromatic heterocycles. The van der Waals surface area contributed by atoms with Gasteiger partial charge in [-0.1, -0.05) is 93.4 Å². The first-order chi connectivity index (χ1) is 18.3. The predicted molar refractivity (Wildman–Crippen MR) is 157 cm³/mol. The number of halogens is 1. The summed E-state index contributed by atoms with van der Waals surface area (Å²) in [5, 5.41) is 3.05. The Hall–Kier alpha value is -3.12. The molecule has 0 aliphatic rings. The van der Waals surface area contributed by atoms with Crippen LogP contribution in [0.15, 0.2) is 77.3 Å². The Morgan fingerprint density at radius 2 is 1.71 bits per heavy atom. The summed E-state index contributed by atoms with van der Waals surface area (Å²) in [5.74, 6) is 0.603. The van der Waals surface area contributed by atoms with Crippen molar-refractivity contribution in [2.24, 2.45) is 0 Å². The van der Waals surface area contributed by atoms with Crippen LogP contribution in [0.2, 0.25) is 0 Å². The fourth-order valence-electron chi connectivity index (χ4n) is 4.28. The molecule has 0 aliphatic carbocycles. The Morgan fingerprint density at radius 3 is 2.37 bits per heavy atom. The van der Waals surface area contributed by atoms with Gasteiger partial charge in [0.1, 0.15) is 11.8 Å². The lowest BCUT2D eigenvalue weighted by atomic mass is 10.0. The third kappa shape index (κ3) is 8.73. The standard InChI is InChI=1S/C32H39BrN2O3/c1-5-6-17-34-32(37)29(19-25-12-8-7-9-13-25)35(21-26-14-10-11-24(4)18-26)31(36)22-38-30-16-15-27(23(2)3)20-28(30)33/h7-16,18,20,23,29H,5-6,17,19,21-22H2,1-4H3,(H,34,37)/t29-/m1/s1. The first kappa shape index (κ1) is 29.4. The normalized spacial score (nSPS) is 11.7. The van der Waals surface area contributed by atoms with Crippen LogP contribution in [0, 0.1) is 6.92 Å². The van der Waals surface area contributed by atoms with Gasteiger partial charge >= 0.3 is 0 Å². The van der Waals surface area contributed by atoms with Gasteiger partial charge in [-0.2, -0.15) is 0 Å². The molecule has 0 heterocycles. The SMILES string of the molecule is CCCCNC(=O)[C@@H](Cc1ccccc1)N(Cc1cccc(C)c1)C(=O)COc1ccc(C(C)C)cc1Br. The molecular weight excluding hydrogens is 540 g/mol. The van der Waals surface area contributed by atoms with Gasteiger partial charge in [-0.3, -0.25) is 9.59 Å². The summed E-state index contributed by atoms with van der Waals surface area (Å²) >= 11 is 3.58. The van der Waals surface area contributed by atoms with Crippen LogP contribution in [-0.2, 0) is 22.6 Å². The summed E-state index contributed by atoms with van der Waals surface area (Å²) in [6.45, 7) is 9.11. The van der Waals surface area contributed by atoms with Gasteiger partial charge in [0.25, 0.3) is 5.91 Å². The second-order valence-electron chi connectivity index (χ2n) is 9.99. The van der Waals surface area contributed by atoms with E-state index >= 15 is 0 Å². The molecule has 0 aliphatic heterocycles. The highest BCUT2D eigenvalue weighted by Crippen LogP contribution is 2.29. The maximum absolute atomic E-state index is 13.8. The molecule has 3 aromatic carbocycles. The molecule has 3 rings (SSSR count). The van der Waals surface area contributed by atoms with Crippen LogP contribution in [0.5, 0.6) is 5.75 Å². The third-order valence-corrected chi connectivity index (χ3v) is 7.13. The van der Waals surface area contributed by atoms with E-state index in [1.54, 1.807) is 4.90 Å². The van der Waals surface area contributed by atoms with E-state index < -0.39 is 6.04 Å². The summed E-state index contributed by atoms with van der Waals surface area (Å²) in [6.07, 6.45) is 2.29. The highest BCUT2D eigenvalue weighted by molar-refractivity contribution is 9.10. The third-order valence-electron chi connectivity index (χ3n) is 6.51. The molecule has 202 valence electrons. The molecule has 2 amide bonds. The Labute approximate surface area is 235 Å². The Balaban J connectivity index is 1.89. The summed E-state index contributed by atoms with van der Waals surface area (Å²) < 4.78 is 6.79. The van der Waals surface area contributed by atoms with E-state index in [9.17, 15) is 9.59 Å². The summed E-state index contributed by atoms with van der Waals surface area (Å²) in [6, 6.07) is 23.1. The quantitative estimate of drug-likeness (QED) is 0.226. The summed E-state index contributed by atoms with van der Waals surface area (Å²) in [4.78, 5) is 28.9. The van der Waals surface area contributed by atoms with Gasteiger partial charge in [0.05, 0.1) is 4.47 Å². The zero-order chi connectivity index (χ0) is 27.5. The van der Waals surface area contributed by atoms with E-state index in [2.05, 4.69) is 48.1 Å². The number of aryl methyl sites for hydroxylation is 1. The van der Waals surface area contributed by atoms with Gasteiger partial charge in [0.2, 0.25) is 5.91 Å². The molecule has 0 saturated heterocycles. The number of benzene rings is 3. The maximum Gasteiger partial charge on any atom is 0.261 e. The smallest absolute Gasteiger partial charge is 0.261 e. The van der Waals surface area contributed by atoms with Crippen molar-refractivity contribution >= 4 is 27.7 Å². The molecule has 0 saturated carbocycles. The first-order valence-electron chi connectivity index (χ1n) is 13.4. The first-order valence-corrected chi connectivity index (χ1v) is 14.2. The van der Waals surface area contributed by atoms with E-state index in [1.807, 2.05) is 73.7 Å². The molecule has 3 aromatic rings. The fraction of sp³-hybridized carbons (Fsp3) is 0.375. The van der Waals surface area contributed by atoms with Crippen molar-refractivity contribution in [1.82, 2.24) is 10.2 Å². The molecule has 38 heavy (non-hydrogen) atoms. The van der Waals surface area contributed by atoms with Crippen LogP contribution in [0.25, 0.3) is 0 Å². The average molecular weight is 580 g/mol. The van der Waals surface area contributed by atoms with Crippen molar-refractivity contribution in [1.29, 1.82) is 0 Å². The minimum atomic E-state index is -0.669. The number of rotatable bonds is 13. The molecule has 5 nitrogen and oxygen atoms in total. The van der Waals surface area contributed by atoms with Crippen molar-refractivity contribution in [2.45, 2.75) is 65.5 Å². The van der Waals surface area contributed by atoms with E-state index in [0.717, 1.165) is 34.0 Å². The second-order valence-corrected chi connectivity index (χ2v) is 10.8. The summed E-state index contributed by atoms with van der Waals surface area (Å²) in [7, 11) is 0. The van der Waals surface area contributed by atoms with Crippen molar-refractivity contribution in [3.05, 3.63) is 99.5 Å². The molecule has 0 fully saturated rings. The number of carbonyl (C=O) groups excluding carboxylic acids is 2. The highest BCUT2D eigenvalue weighted by Gasteiger charge is 2.30. The van der Waals surface area contributed by atoms with Crippen LogP contribution in [0.1, 0.15) is 61.8 Å². The van der Waals surface area contributed by atoms with Crippen LogP contribution in [0.3, 0.4) is 0 Å². The Morgan fingerprint density at radius 1 is 0.974 bits per heavy atom. The fourth-order valence-corrected chi connectivity index (χ4v) is 4.79. The van der Waals surface area contributed by atoms with Gasteiger partial charge < -0.3 is 15.0 Å². The number of amides is 2. The van der Waals surface area contributed by atoms with Crippen molar-refractivity contribution < 1.29 is 14.3 Å². The van der Waals surface area contributed by atoms with Crippen LogP contribution in [0.4, 0.5) is 0 Å². The Bertz CT molecular complexity index is 1200. The number of hydrogen-bond donors (Lipinski definition) is 1. The van der Waals surface area contributed by atoms with Crippen LogP contribution >= 0.6 is 15.9 Å². The van der Waals surface area contributed by atoms with Gasteiger partial charge in [-0.25, -0.2) is 0 Å². The number of ether oxygens (including phenoxy) is 1. The summed E-state index contributed by atoms with van der Waals surface area (Å²) in [5.41, 5.74) is 4.26. The predicted octanol–water partition coefficient (Wildman–Crippen LogP) is 6.82. The highest BCUT2D eigenvalue weighted by atomic mass is 79.9. The Kier molecular flexibility index (Phi) is 11.4. The lowest BCUT2D eigenvalue weighted by molar-refractivity contribution is -0.142. The lowest BCUT2D eigenvalue weighted by Gasteiger charge is -2.31. The monoisotopic (exact) mass is 578 g/mol. The topological polar surface area (TPSA) is 58.6 Å².